The maximum atomic E-state index is 11.4. The number of carbonyl (C=O) groups is 2. The number of rotatable bonds is 3. The Morgan fingerprint density at radius 1 is 1.50 bits per heavy atom. The van der Waals surface area contributed by atoms with E-state index in [0.717, 1.165) is 6.92 Å². The smallest absolute Gasteiger partial charge is 0.421 e. The minimum atomic E-state index is -4.71. The number of carbonyl (C=O) groups excluding carboxylic acids is 1. The Labute approximate surface area is 68.7 Å². The summed E-state index contributed by atoms with van der Waals surface area (Å²) < 4.78 is 14.8. The van der Waals surface area contributed by atoms with E-state index in [9.17, 15) is 13.8 Å². The maximum absolute atomic E-state index is 11.4. The van der Waals surface area contributed by atoms with Gasteiger partial charge in [0.2, 0.25) is 0 Å². The van der Waals surface area contributed by atoms with E-state index in [1.54, 1.807) is 0 Å². The van der Waals surface area contributed by atoms with E-state index < -0.39 is 26.2 Å². The van der Waals surface area contributed by atoms with Gasteiger partial charge in [-0.2, -0.15) is 4.21 Å². The first-order valence-electron chi connectivity index (χ1n) is 2.90. The standard InChI is InChI=1S/C5H10O6S/c1-4(6)3-12(2,10,11-9)5(7)8/h9H,3H2,1-2H3,(H,7,8). The summed E-state index contributed by atoms with van der Waals surface area (Å²) in [6.07, 6.45) is 0.695. The quantitative estimate of drug-likeness (QED) is 0.493. The van der Waals surface area contributed by atoms with Crippen LogP contribution in [0.2, 0.25) is 0 Å². The van der Waals surface area contributed by atoms with Crippen LogP contribution >= 0.6 is 0 Å². The van der Waals surface area contributed by atoms with Gasteiger partial charge in [-0.3, -0.25) is 4.79 Å². The topological polar surface area (TPSA) is 101 Å². The minimum absolute atomic E-state index is 0.633. The highest BCUT2D eigenvalue weighted by atomic mass is 32.3. The molecule has 0 amide bonds. The van der Waals surface area contributed by atoms with Crippen LogP contribution in [0.4, 0.5) is 4.79 Å². The van der Waals surface area contributed by atoms with Crippen LogP contribution in [0.3, 0.4) is 0 Å². The van der Waals surface area contributed by atoms with Gasteiger partial charge in [0.05, 0.1) is 0 Å². The molecular weight excluding hydrogens is 188 g/mol. The molecule has 0 saturated heterocycles. The summed E-state index contributed by atoms with van der Waals surface area (Å²) in [5.74, 6) is -1.46. The molecule has 0 aromatic heterocycles. The average Bonchev–Trinajstić information content (AvgIpc) is 1.85. The van der Waals surface area contributed by atoms with Crippen LogP contribution in [-0.2, 0) is 18.5 Å². The number of hydrogen-bond donors (Lipinski definition) is 2. The third-order valence-corrected chi connectivity index (χ3v) is 3.52. The lowest BCUT2D eigenvalue weighted by atomic mass is 10.5. The fraction of sp³-hybridized carbons (Fsp3) is 0.600. The van der Waals surface area contributed by atoms with Crippen molar-refractivity contribution in [1.29, 1.82) is 0 Å². The first-order valence-corrected chi connectivity index (χ1v) is 5.37. The predicted octanol–water partition coefficient (Wildman–Crippen LogP) is 0.108. The summed E-state index contributed by atoms with van der Waals surface area (Å²) in [7, 11) is -4.71. The van der Waals surface area contributed by atoms with E-state index in [1.165, 1.54) is 0 Å². The Hall–Kier alpha value is -0.790. The summed E-state index contributed by atoms with van der Waals surface area (Å²) in [6.45, 7) is 1.05. The second-order valence-corrected chi connectivity index (χ2v) is 6.30. The lowest BCUT2D eigenvalue weighted by Crippen LogP contribution is -2.46. The summed E-state index contributed by atoms with van der Waals surface area (Å²) in [4.78, 5) is 20.9. The van der Waals surface area contributed by atoms with Gasteiger partial charge in [0.25, 0.3) is 0 Å². The fourth-order valence-corrected chi connectivity index (χ4v) is 1.77. The number of hydrogen-bond acceptors (Lipinski definition) is 5. The molecule has 0 aliphatic rings. The molecule has 0 spiro atoms. The largest absolute Gasteiger partial charge is 0.466 e. The molecule has 0 radical (unpaired) electrons. The molecule has 6 nitrogen and oxygen atoms in total. The van der Waals surface area contributed by atoms with Gasteiger partial charge < -0.3 is 5.11 Å². The van der Waals surface area contributed by atoms with E-state index >= 15 is 0 Å². The van der Waals surface area contributed by atoms with Crippen molar-refractivity contribution in [3.63, 3.8) is 0 Å². The molecule has 0 aliphatic carbocycles. The molecule has 0 aromatic rings. The highest BCUT2D eigenvalue weighted by Crippen LogP contribution is 2.23. The van der Waals surface area contributed by atoms with Gasteiger partial charge in [-0.1, -0.05) is 9.35 Å². The van der Waals surface area contributed by atoms with Gasteiger partial charge >= 0.3 is 5.30 Å². The number of ketones is 1. The molecule has 0 heterocycles. The minimum Gasteiger partial charge on any atom is -0.466 e. The molecule has 72 valence electrons. The monoisotopic (exact) mass is 198 g/mol. The second-order valence-electron chi connectivity index (χ2n) is 2.63. The third-order valence-electron chi connectivity index (χ3n) is 1.17. The van der Waals surface area contributed by atoms with Crippen molar-refractivity contribution >= 4 is 20.4 Å². The lowest BCUT2D eigenvalue weighted by Gasteiger charge is -2.33. The summed E-state index contributed by atoms with van der Waals surface area (Å²) >= 11 is 0. The van der Waals surface area contributed by atoms with Crippen molar-refractivity contribution in [2.24, 2.45) is 0 Å². The van der Waals surface area contributed by atoms with E-state index in [1.807, 2.05) is 0 Å². The Bertz CT molecular complexity index is 282. The number of Topliss-reactive ketones (excluding diaryl/α,β-unsaturated/α-hetero) is 1. The van der Waals surface area contributed by atoms with Crippen LogP contribution in [0, 0.1) is 0 Å². The molecule has 0 atom stereocenters. The average molecular weight is 198 g/mol. The summed E-state index contributed by atoms with van der Waals surface area (Å²) in [5, 5.41) is 14.8. The zero-order chi connectivity index (χ0) is 10.0. The maximum Gasteiger partial charge on any atom is 0.421 e. The first kappa shape index (κ1) is 11.2. The summed E-state index contributed by atoms with van der Waals surface area (Å²) in [6, 6.07) is 0. The zero-order valence-corrected chi connectivity index (χ0v) is 7.46. The van der Waals surface area contributed by atoms with Gasteiger partial charge in [0, 0.05) is 6.26 Å². The molecule has 0 aliphatic heterocycles. The number of carboxylic acid groups (broad SMARTS) is 1. The van der Waals surface area contributed by atoms with Gasteiger partial charge in [0.1, 0.15) is 11.5 Å². The first-order chi connectivity index (χ1) is 5.21. The molecule has 12 heavy (non-hydrogen) atoms. The van der Waals surface area contributed by atoms with E-state index in [4.69, 9.17) is 10.4 Å². The zero-order valence-electron chi connectivity index (χ0n) is 6.64. The lowest BCUT2D eigenvalue weighted by molar-refractivity contribution is -0.133. The molecule has 0 unspecified atom stereocenters. The second kappa shape index (κ2) is 2.92. The normalized spacial score (nSPS) is 14.8. The van der Waals surface area contributed by atoms with E-state index in [2.05, 4.69) is 4.33 Å². The van der Waals surface area contributed by atoms with Gasteiger partial charge in [-0.05, 0) is 6.92 Å². The molecule has 0 saturated carbocycles. The van der Waals surface area contributed by atoms with Crippen molar-refractivity contribution in [2.75, 3.05) is 12.0 Å². The molecule has 0 fully saturated rings. The van der Waals surface area contributed by atoms with Crippen LogP contribution in [-0.4, -0.2) is 37.7 Å². The molecule has 2 N–H and O–H groups in total. The van der Waals surface area contributed by atoms with Crippen LogP contribution in [0.1, 0.15) is 6.92 Å². The molecule has 0 rings (SSSR count). The Balaban J connectivity index is 5.03. The van der Waals surface area contributed by atoms with E-state index in [-0.39, 0.29) is 0 Å². The van der Waals surface area contributed by atoms with Gasteiger partial charge in [-0.15, -0.1) is 4.33 Å². The van der Waals surface area contributed by atoms with E-state index in [0.29, 0.717) is 6.26 Å². The van der Waals surface area contributed by atoms with Crippen LogP contribution in [0.25, 0.3) is 0 Å². The summed E-state index contributed by atoms with van der Waals surface area (Å²) in [5.41, 5.74) is 0. The Morgan fingerprint density at radius 2 is 1.92 bits per heavy atom. The Kier molecular flexibility index (Phi) is 2.73. The Morgan fingerprint density at radius 3 is 2.00 bits per heavy atom. The highest BCUT2D eigenvalue weighted by molar-refractivity contribution is 8.27. The van der Waals surface area contributed by atoms with Crippen molar-refractivity contribution < 1.29 is 28.5 Å². The van der Waals surface area contributed by atoms with Gasteiger partial charge in [0.15, 0.2) is 0 Å². The molecule has 0 aromatic carbocycles. The van der Waals surface area contributed by atoms with Crippen LogP contribution in [0.5, 0.6) is 0 Å². The van der Waals surface area contributed by atoms with Crippen molar-refractivity contribution in [3.8, 4) is 0 Å². The molecule has 7 heteroatoms. The SMILES string of the molecule is CC(=O)CS(C)(=O)(OO)C(=O)O. The molecule has 0 bridgehead atoms. The predicted molar refractivity (Wildman–Crippen MR) is 41.4 cm³/mol. The van der Waals surface area contributed by atoms with Crippen LogP contribution < -0.4 is 0 Å². The fourth-order valence-electron chi connectivity index (χ4n) is 0.591. The van der Waals surface area contributed by atoms with Crippen molar-refractivity contribution in [2.45, 2.75) is 6.92 Å². The highest BCUT2D eigenvalue weighted by Gasteiger charge is 2.37. The third kappa shape index (κ3) is 2.10. The van der Waals surface area contributed by atoms with Crippen molar-refractivity contribution in [3.05, 3.63) is 0 Å². The van der Waals surface area contributed by atoms with Gasteiger partial charge in [-0.25, -0.2) is 10.1 Å². The van der Waals surface area contributed by atoms with Crippen molar-refractivity contribution in [1.82, 2.24) is 0 Å². The molecular formula is C5H10O6S. The van der Waals surface area contributed by atoms with Crippen LogP contribution in [0.15, 0.2) is 0 Å².